The van der Waals surface area contributed by atoms with Gasteiger partial charge in [0.2, 0.25) is 0 Å². The summed E-state index contributed by atoms with van der Waals surface area (Å²) in [6.45, 7) is 4.91. The van der Waals surface area contributed by atoms with Crippen molar-refractivity contribution in [1.82, 2.24) is 10.2 Å². The van der Waals surface area contributed by atoms with Gasteiger partial charge in [-0.25, -0.2) is 4.79 Å². The molecule has 1 aliphatic heterocycles. The summed E-state index contributed by atoms with van der Waals surface area (Å²) in [5, 5.41) is 11.8. The molecule has 106 valence electrons. The minimum Gasteiger partial charge on any atom is -0.331 e. The van der Waals surface area contributed by atoms with E-state index in [1.807, 2.05) is 24.0 Å². The standard InChI is InChI=1S/C16H21N3O/c1-12-5-3-4-10-19(12)16(20)18-13(2)15-8-6-14(11-17)7-9-15/h6-9,12-13H,3-5,10H2,1-2H3,(H,18,20). The Hall–Kier alpha value is -2.02. The normalized spacial score (nSPS) is 20.1. The Bertz CT molecular complexity index is 503. The van der Waals surface area contributed by atoms with Crippen LogP contribution < -0.4 is 5.32 Å². The highest BCUT2D eigenvalue weighted by molar-refractivity contribution is 5.75. The van der Waals surface area contributed by atoms with Crippen LogP contribution in [0.3, 0.4) is 0 Å². The van der Waals surface area contributed by atoms with Gasteiger partial charge in [0.15, 0.2) is 0 Å². The number of hydrogen-bond donors (Lipinski definition) is 1. The number of hydrogen-bond acceptors (Lipinski definition) is 2. The van der Waals surface area contributed by atoms with Gasteiger partial charge in [-0.1, -0.05) is 12.1 Å². The smallest absolute Gasteiger partial charge is 0.318 e. The van der Waals surface area contributed by atoms with E-state index in [-0.39, 0.29) is 12.1 Å². The number of amides is 2. The molecular weight excluding hydrogens is 250 g/mol. The van der Waals surface area contributed by atoms with E-state index in [1.54, 1.807) is 12.1 Å². The van der Waals surface area contributed by atoms with E-state index in [2.05, 4.69) is 18.3 Å². The summed E-state index contributed by atoms with van der Waals surface area (Å²) in [4.78, 5) is 14.2. The molecule has 2 rings (SSSR count). The van der Waals surface area contributed by atoms with Crippen LogP contribution >= 0.6 is 0 Å². The van der Waals surface area contributed by atoms with Crippen LogP contribution in [0.4, 0.5) is 4.79 Å². The van der Waals surface area contributed by atoms with Crippen molar-refractivity contribution in [3.05, 3.63) is 35.4 Å². The van der Waals surface area contributed by atoms with Crippen LogP contribution in [-0.4, -0.2) is 23.5 Å². The molecule has 1 N–H and O–H groups in total. The average molecular weight is 271 g/mol. The van der Waals surface area contributed by atoms with Gasteiger partial charge in [-0.2, -0.15) is 5.26 Å². The first-order valence-corrected chi connectivity index (χ1v) is 7.19. The predicted octanol–water partition coefficient (Wildman–Crippen LogP) is 3.20. The first-order valence-electron chi connectivity index (χ1n) is 7.19. The molecule has 1 heterocycles. The van der Waals surface area contributed by atoms with E-state index in [0.717, 1.165) is 24.9 Å². The van der Waals surface area contributed by atoms with Crippen molar-refractivity contribution in [3.8, 4) is 6.07 Å². The third-order valence-electron chi connectivity index (χ3n) is 3.94. The molecule has 2 atom stereocenters. The molecule has 4 heteroatoms. The highest BCUT2D eigenvalue weighted by Gasteiger charge is 2.24. The van der Waals surface area contributed by atoms with Crippen LogP contribution in [0.25, 0.3) is 0 Å². The van der Waals surface area contributed by atoms with Gasteiger partial charge in [0.1, 0.15) is 0 Å². The van der Waals surface area contributed by atoms with E-state index < -0.39 is 0 Å². The zero-order chi connectivity index (χ0) is 14.5. The monoisotopic (exact) mass is 271 g/mol. The number of piperidine rings is 1. The Kier molecular flexibility index (Phi) is 4.62. The molecule has 1 aliphatic rings. The Labute approximate surface area is 120 Å². The number of nitrogens with one attached hydrogen (secondary N) is 1. The van der Waals surface area contributed by atoms with Gasteiger partial charge in [0.25, 0.3) is 0 Å². The van der Waals surface area contributed by atoms with Crippen molar-refractivity contribution >= 4 is 6.03 Å². The Morgan fingerprint density at radius 2 is 2.10 bits per heavy atom. The van der Waals surface area contributed by atoms with Crippen LogP contribution in [-0.2, 0) is 0 Å². The zero-order valence-corrected chi connectivity index (χ0v) is 12.1. The topological polar surface area (TPSA) is 56.1 Å². The summed E-state index contributed by atoms with van der Waals surface area (Å²) in [6.07, 6.45) is 3.37. The molecule has 20 heavy (non-hydrogen) atoms. The minimum absolute atomic E-state index is 0.00839. The summed E-state index contributed by atoms with van der Waals surface area (Å²) < 4.78 is 0. The maximum Gasteiger partial charge on any atom is 0.318 e. The lowest BCUT2D eigenvalue weighted by Crippen LogP contribution is -2.48. The Balaban J connectivity index is 1.97. The molecule has 0 aliphatic carbocycles. The maximum atomic E-state index is 12.3. The third-order valence-corrected chi connectivity index (χ3v) is 3.94. The summed E-state index contributed by atoms with van der Waals surface area (Å²) >= 11 is 0. The summed E-state index contributed by atoms with van der Waals surface area (Å²) in [7, 11) is 0. The number of nitriles is 1. The van der Waals surface area contributed by atoms with E-state index in [4.69, 9.17) is 5.26 Å². The van der Waals surface area contributed by atoms with E-state index in [1.165, 1.54) is 6.42 Å². The van der Waals surface area contributed by atoms with E-state index in [9.17, 15) is 4.79 Å². The lowest BCUT2D eigenvalue weighted by Gasteiger charge is -2.34. The number of benzene rings is 1. The number of carbonyl (C=O) groups excluding carboxylic acids is 1. The molecule has 1 saturated heterocycles. The molecule has 1 aromatic rings. The summed E-state index contributed by atoms with van der Waals surface area (Å²) in [5.41, 5.74) is 1.65. The van der Waals surface area contributed by atoms with Crippen LogP contribution in [0.1, 0.15) is 50.3 Å². The second-order valence-electron chi connectivity index (χ2n) is 5.44. The van der Waals surface area contributed by atoms with Crippen molar-refractivity contribution in [3.63, 3.8) is 0 Å². The van der Waals surface area contributed by atoms with Crippen LogP contribution in [0.15, 0.2) is 24.3 Å². The van der Waals surface area contributed by atoms with Gasteiger partial charge in [0, 0.05) is 12.6 Å². The highest BCUT2D eigenvalue weighted by Crippen LogP contribution is 2.18. The summed E-state index contributed by atoms with van der Waals surface area (Å²) in [6, 6.07) is 9.71. The molecular formula is C16H21N3O. The van der Waals surface area contributed by atoms with E-state index in [0.29, 0.717) is 11.6 Å². The molecule has 2 amide bonds. The Morgan fingerprint density at radius 3 is 2.70 bits per heavy atom. The van der Waals surface area contributed by atoms with Crippen molar-refractivity contribution in [2.75, 3.05) is 6.54 Å². The number of likely N-dealkylation sites (tertiary alicyclic amines) is 1. The largest absolute Gasteiger partial charge is 0.331 e. The van der Waals surface area contributed by atoms with Crippen LogP contribution in [0, 0.1) is 11.3 Å². The maximum absolute atomic E-state index is 12.3. The summed E-state index contributed by atoms with van der Waals surface area (Å²) in [5.74, 6) is 0. The molecule has 0 spiro atoms. The van der Waals surface area contributed by atoms with Gasteiger partial charge < -0.3 is 10.2 Å². The predicted molar refractivity (Wildman–Crippen MR) is 78.1 cm³/mol. The fraction of sp³-hybridized carbons (Fsp3) is 0.500. The van der Waals surface area contributed by atoms with Gasteiger partial charge >= 0.3 is 6.03 Å². The number of rotatable bonds is 2. The van der Waals surface area contributed by atoms with Crippen LogP contribution in [0.2, 0.25) is 0 Å². The van der Waals surface area contributed by atoms with Gasteiger partial charge in [-0.3, -0.25) is 0 Å². The van der Waals surface area contributed by atoms with Gasteiger partial charge in [0.05, 0.1) is 17.7 Å². The van der Waals surface area contributed by atoms with Gasteiger partial charge in [-0.05, 0) is 50.8 Å². The lowest BCUT2D eigenvalue weighted by molar-refractivity contribution is 0.155. The fourth-order valence-electron chi connectivity index (χ4n) is 2.60. The molecule has 1 aromatic carbocycles. The lowest BCUT2D eigenvalue weighted by atomic mass is 10.0. The molecule has 0 radical (unpaired) electrons. The SMILES string of the molecule is CC(NC(=O)N1CCCCC1C)c1ccc(C#N)cc1. The highest BCUT2D eigenvalue weighted by atomic mass is 16.2. The van der Waals surface area contributed by atoms with Crippen molar-refractivity contribution in [2.24, 2.45) is 0 Å². The van der Waals surface area contributed by atoms with Crippen molar-refractivity contribution < 1.29 is 4.79 Å². The molecule has 1 fully saturated rings. The van der Waals surface area contributed by atoms with Gasteiger partial charge in [-0.15, -0.1) is 0 Å². The quantitative estimate of drug-likeness (QED) is 0.898. The first-order chi connectivity index (χ1) is 9.61. The molecule has 0 bridgehead atoms. The molecule has 0 saturated carbocycles. The number of nitrogens with zero attached hydrogens (tertiary/aromatic N) is 2. The van der Waals surface area contributed by atoms with E-state index >= 15 is 0 Å². The minimum atomic E-state index is -0.0515. The Morgan fingerprint density at radius 1 is 1.40 bits per heavy atom. The van der Waals surface area contributed by atoms with Crippen molar-refractivity contribution in [1.29, 1.82) is 5.26 Å². The molecule has 0 aromatic heterocycles. The molecule has 4 nitrogen and oxygen atoms in total. The second-order valence-corrected chi connectivity index (χ2v) is 5.44. The number of urea groups is 1. The zero-order valence-electron chi connectivity index (χ0n) is 12.1. The third kappa shape index (κ3) is 3.30. The second kappa shape index (κ2) is 6.42. The molecule has 2 unspecified atom stereocenters. The number of carbonyl (C=O) groups is 1. The van der Waals surface area contributed by atoms with Crippen molar-refractivity contribution in [2.45, 2.75) is 45.2 Å². The van der Waals surface area contributed by atoms with Crippen LogP contribution in [0.5, 0.6) is 0 Å². The average Bonchev–Trinajstić information content (AvgIpc) is 2.47. The fourth-order valence-corrected chi connectivity index (χ4v) is 2.60. The first kappa shape index (κ1) is 14.4.